The van der Waals surface area contributed by atoms with Crippen LogP contribution in [0.4, 0.5) is 9.18 Å². The maximum absolute atomic E-state index is 14.9. The third kappa shape index (κ3) is 3.53. The fraction of sp³-hybridized carbons (Fsp3) is 0.562. The van der Waals surface area contributed by atoms with Gasteiger partial charge in [0, 0.05) is 12.5 Å². The lowest BCUT2D eigenvalue weighted by Crippen LogP contribution is -2.39. The van der Waals surface area contributed by atoms with Crippen molar-refractivity contribution in [2.75, 3.05) is 19.7 Å². The van der Waals surface area contributed by atoms with Crippen molar-refractivity contribution in [3.05, 3.63) is 35.9 Å². The minimum absolute atomic E-state index is 0.155. The van der Waals surface area contributed by atoms with Crippen LogP contribution in [0.2, 0.25) is 0 Å². The molecule has 1 aliphatic rings. The highest BCUT2D eigenvalue weighted by Crippen LogP contribution is 2.39. The number of ether oxygens (including phenoxy) is 1. The van der Waals surface area contributed by atoms with Crippen LogP contribution in [-0.4, -0.2) is 47.1 Å². The summed E-state index contributed by atoms with van der Waals surface area (Å²) in [6.45, 7) is 4.74. The highest BCUT2D eigenvalue weighted by Gasteiger charge is 2.49. The zero-order valence-corrected chi connectivity index (χ0v) is 12.7. The second kappa shape index (κ2) is 5.64. The van der Waals surface area contributed by atoms with E-state index >= 15 is 0 Å². The average molecular weight is 295 g/mol. The molecule has 2 rings (SSSR count). The molecule has 0 radical (unpaired) electrons. The van der Waals surface area contributed by atoms with Gasteiger partial charge in [0.05, 0.1) is 13.2 Å². The van der Waals surface area contributed by atoms with Crippen molar-refractivity contribution in [1.82, 2.24) is 4.90 Å². The molecule has 116 valence electrons. The van der Waals surface area contributed by atoms with Crippen LogP contribution in [-0.2, 0) is 4.74 Å². The number of aliphatic hydroxyl groups excluding tert-OH is 1. The molecular formula is C16H22FNO3. The number of hydrogen-bond acceptors (Lipinski definition) is 3. The van der Waals surface area contributed by atoms with E-state index in [0.717, 1.165) is 5.56 Å². The van der Waals surface area contributed by atoms with E-state index in [2.05, 4.69) is 0 Å². The van der Waals surface area contributed by atoms with Gasteiger partial charge in [-0.3, -0.25) is 0 Å². The lowest BCUT2D eigenvalue weighted by molar-refractivity contribution is 0.0214. The minimum atomic E-state index is -1.84. The van der Waals surface area contributed by atoms with Gasteiger partial charge < -0.3 is 14.7 Å². The molecule has 2 atom stereocenters. The highest BCUT2D eigenvalue weighted by atomic mass is 19.1. The Balaban J connectivity index is 2.18. The van der Waals surface area contributed by atoms with E-state index in [4.69, 9.17) is 4.74 Å². The number of alkyl halides is 1. The van der Waals surface area contributed by atoms with Crippen molar-refractivity contribution in [3.8, 4) is 0 Å². The average Bonchev–Trinajstić information content (AvgIpc) is 2.77. The van der Waals surface area contributed by atoms with E-state index in [0.29, 0.717) is 0 Å². The summed E-state index contributed by atoms with van der Waals surface area (Å²) < 4.78 is 20.2. The van der Waals surface area contributed by atoms with Crippen LogP contribution in [0.3, 0.4) is 0 Å². The van der Waals surface area contributed by atoms with Crippen molar-refractivity contribution in [3.63, 3.8) is 0 Å². The van der Waals surface area contributed by atoms with Crippen LogP contribution < -0.4 is 0 Å². The molecule has 0 aliphatic carbocycles. The second-order valence-electron chi connectivity index (χ2n) is 6.52. The van der Waals surface area contributed by atoms with Gasteiger partial charge in [0.25, 0.3) is 0 Å². The first-order valence-electron chi connectivity index (χ1n) is 7.08. The molecule has 1 aromatic rings. The van der Waals surface area contributed by atoms with E-state index < -0.39 is 29.9 Å². The topological polar surface area (TPSA) is 49.8 Å². The quantitative estimate of drug-likeness (QED) is 0.912. The Morgan fingerprint density at radius 2 is 2.05 bits per heavy atom. The zero-order valence-electron chi connectivity index (χ0n) is 12.7. The van der Waals surface area contributed by atoms with Crippen molar-refractivity contribution in [2.45, 2.75) is 38.0 Å². The molecule has 1 amide bonds. The summed E-state index contributed by atoms with van der Waals surface area (Å²) in [5.74, 6) is -0.545. The van der Waals surface area contributed by atoms with Crippen molar-refractivity contribution in [1.29, 1.82) is 0 Å². The minimum Gasteiger partial charge on any atom is -0.444 e. The summed E-state index contributed by atoms with van der Waals surface area (Å²) in [4.78, 5) is 13.4. The van der Waals surface area contributed by atoms with Crippen LogP contribution in [0, 0.1) is 0 Å². The number of carbonyl (C=O) groups excluding carboxylic acids is 1. The predicted molar refractivity (Wildman–Crippen MR) is 77.9 cm³/mol. The van der Waals surface area contributed by atoms with Crippen LogP contribution in [0.15, 0.2) is 30.3 Å². The molecule has 4 nitrogen and oxygen atoms in total. The van der Waals surface area contributed by atoms with Crippen LogP contribution in [0.5, 0.6) is 0 Å². The van der Waals surface area contributed by atoms with Gasteiger partial charge in [-0.05, 0) is 26.3 Å². The van der Waals surface area contributed by atoms with Gasteiger partial charge in [0.15, 0.2) is 5.67 Å². The summed E-state index contributed by atoms with van der Waals surface area (Å²) in [6, 6.07) is 9.12. The van der Waals surface area contributed by atoms with Gasteiger partial charge in [-0.15, -0.1) is 0 Å². The number of aliphatic hydroxyl groups is 1. The van der Waals surface area contributed by atoms with Crippen LogP contribution >= 0.6 is 0 Å². The Kier molecular flexibility index (Phi) is 4.23. The number of rotatable bonds is 2. The van der Waals surface area contributed by atoms with Crippen LogP contribution in [0.1, 0.15) is 32.3 Å². The Bertz CT molecular complexity index is 500. The Morgan fingerprint density at radius 1 is 1.43 bits per heavy atom. The number of carbonyl (C=O) groups is 1. The lowest BCUT2D eigenvalue weighted by Gasteiger charge is -2.25. The van der Waals surface area contributed by atoms with Gasteiger partial charge in [0.1, 0.15) is 5.60 Å². The second-order valence-corrected chi connectivity index (χ2v) is 6.52. The SMILES string of the molecule is CC(C)(C)OC(=O)N1CC(c2ccccc2)C(F)(CO)C1. The number of benzene rings is 1. The summed E-state index contributed by atoms with van der Waals surface area (Å²) in [7, 11) is 0. The van der Waals surface area contributed by atoms with Gasteiger partial charge in [0.2, 0.25) is 0 Å². The first-order chi connectivity index (χ1) is 9.75. The first kappa shape index (κ1) is 15.8. The smallest absolute Gasteiger partial charge is 0.410 e. The van der Waals surface area contributed by atoms with Crippen LogP contribution in [0.25, 0.3) is 0 Å². The molecule has 1 heterocycles. The molecule has 0 aromatic heterocycles. The normalized spacial score (nSPS) is 26.0. The number of likely N-dealkylation sites (tertiary alicyclic amines) is 1. The number of hydrogen-bond donors (Lipinski definition) is 1. The van der Waals surface area contributed by atoms with Gasteiger partial charge >= 0.3 is 6.09 Å². The molecule has 5 heteroatoms. The fourth-order valence-corrected chi connectivity index (χ4v) is 2.59. The largest absolute Gasteiger partial charge is 0.444 e. The molecule has 0 spiro atoms. The number of nitrogens with zero attached hydrogens (tertiary/aromatic N) is 1. The lowest BCUT2D eigenvalue weighted by atomic mass is 9.87. The number of halogens is 1. The Labute approximate surface area is 124 Å². The fourth-order valence-electron chi connectivity index (χ4n) is 2.59. The standard InChI is InChI=1S/C16H22FNO3/c1-15(2,3)21-14(20)18-9-13(16(17,10-18)11-19)12-7-5-4-6-8-12/h4-8,13,19H,9-11H2,1-3H3. The van der Waals surface area contributed by atoms with E-state index in [1.807, 2.05) is 30.3 Å². The van der Waals surface area contributed by atoms with Crippen molar-refractivity contribution >= 4 is 6.09 Å². The summed E-state index contributed by atoms with van der Waals surface area (Å²) in [5.41, 5.74) is -1.68. The molecule has 1 N–H and O–H groups in total. The van der Waals surface area contributed by atoms with Crippen molar-refractivity contribution < 1.29 is 19.0 Å². The zero-order chi connectivity index (χ0) is 15.7. The van der Waals surface area contributed by atoms with E-state index in [1.54, 1.807) is 20.8 Å². The van der Waals surface area contributed by atoms with E-state index in [1.165, 1.54) is 4.90 Å². The highest BCUT2D eigenvalue weighted by molar-refractivity contribution is 5.69. The number of amides is 1. The Hall–Kier alpha value is -1.62. The molecule has 21 heavy (non-hydrogen) atoms. The van der Waals surface area contributed by atoms with E-state index in [-0.39, 0.29) is 13.1 Å². The maximum Gasteiger partial charge on any atom is 0.410 e. The third-order valence-electron chi connectivity index (χ3n) is 3.60. The summed E-state index contributed by atoms with van der Waals surface area (Å²) in [6.07, 6.45) is -0.545. The molecule has 1 fully saturated rings. The van der Waals surface area contributed by atoms with Gasteiger partial charge in [-0.1, -0.05) is 30.3 Å². The van der Waals surface area contributed by atoms with E-state index in [9.17, 15) is 14.3 Å². The van der Waals surface area contributed by atoms with Crippen molar-refractivity contribution in [2.24, 2.45) is 0 Å². The first-order valence-corrected chi connectivity index (χ1v) is 7.08. The molecule has 2 unspecified atom stereocenters. The molecule has 1 aliphatic heterocycles. The summed E-state index contributed by atoms with van der Waals surface area (Å²) >= 11 is 0. The molecule has 1 aromatic carbocycles. The Morgan fingerprint density at radius 3 is 2.57 bits per heavy atom. The van der Waals surface area contributed by atoms with Gasteiger partial charge in [-0.25, -0.2) is 9.18 Å². The molecule has 1 saturated heterocycles. The molecule has 0 bridgehead atoms. The molecular weight excluding hydrogens is 273 g/mol. The predicted octanol–water partition coefficient (Wildman–Crippen LogP) is 2.72. The summed E-state index contributed by atoms with van der Waals surface area (Å²) in [5, 5.41) is 9.44. The molecule has 0 saturated carbocycles. The van der Waals surface area contributed by atoms with Gasteiger partial charge in [-0.2, -0.15) is 0 Å². The third-order valence-corrected chi connectivity index (χ3v) is 3.60. The maximum atomic E-state index is 14.9. The monoisotopic (exact) mass is 295 g/mol.